The SMILES string of the molecule is CNC(=O)C1CCCCN1c1ncc(N)cc1C(=O)O. The summed E-state index contributed by atoms with van der Waals surface area (Å²) in [7, 11) is 1.57. The van der Waals surface area contributed by atoms with Crippen molar-refractivity contribution in [3.63, 3.8) is 0 Å². The van der Waals surface area contributed by atoms with Crippen LogP contribution in [0.4, 0.5) is 11.5 Å². The van der Waals surface area contributed by atoms with Crippen LogP contribution >= 0.6 is 0 Å². The Labute approximate surface area is 116 Å². The van der Waals surface area contributed by atoms with Gasteiger partial charge in [0, 0.05) is 13.6 Å². The topological polar surface area (TPSA) is 109 Å². The van der Waals surface area contributed by atoms with Gasteiger partial charge in [0.2, 0.25) is 5.91 Å². The van der Waals surface area contributed by atoms with E-state index in [0.717, 1.165) is 12.8 Å². The van der Waals surface area contributed by atoms with E-state index in [2.05, 4.69) is 10.3 Å². The van der Waals surface area contributed by atoms with Gasteiger partial charge in [-0.25, -0.2) is 9.78 Å². The minimum absolute atomic E-state index is 0.0285. The fraction of sp³-hybridized carbons (Fsp3) is 0.462. The Kier molecular flexibility index (Phi) is 4.07. The number of amides is 1. The van der Waals surface area contributed by atoms with Gasteiger partial charge in [-0.2, -0.15) is 0 Å². The highest BCUT2D eigenvalue weighted by atomic mass is 16.4. The summed E-state index contributed by atoms with van der Waals surface area (Å²) in [4.78, 5) is 29.2. The molecule has 1 aliphatic heterocycles. The summed E-state index contributed by atoms with van der Waals surface area (Å²) in [5.74, 6) is -0.916. The molecule has 0 aliphatic carbocycles. The molecule has 7 nitrogen and oxygen atoms in total. The third kappa shape index (κ3) is 2.66. The number of aromatic carboxylic acids is 1. The number of nitrogens with two attached hydrogens (primary N) is 1. The molecule has 2 heterocycles. The number of nitrogens with zero attached hydrogens (tertiary/aromatic N) is 2. The molecule has 1 unspecified atom stereocenters. The highest BCUT2D eigenvalue weighted by molar-refractivity contribution is 5.95. The number of hydrogen-bond acceptors (Lipinski definition) is 5. The predicted octanol–water partition coefficient (Wildman–Crippen LogP) is 0.467. The lowest BCUT2D eigenvalue weighted by Gasteiger charge is -2.36. The number of pyridine rings is 1. The number of hydrogen-bond donors (Lipinski definition) is 3. The van der Waals surface area contributed by atoms with Crippen LogP contribution in [0.2, 0.25) is 0 Å². The van der Waals surface area contributed by atoms with Gasteiger partial charge in [-0.15, -0.1) is 0 Å². The van der Waals surface area contributed by atoms with Crippen LogP contribution in [-0.4, -0.2) is 41.6 Å². The van der Waals surface area contributed by atoms with Crippen LogP contribution in [0.3, 0.4) is 0 Å². The van der Waals surface area contributed by atoms with Gasteiger partial charge in [-0.1, -0.05) is 0 Å². The number of nitrogen functional groups attached to an aromatic ring is 1. The smallest absolute Gasteiger partial charge is 0.339 e. The minimum atomic E-state index is -1.10. The molecular weight excluding hydrogens is 260 g/mol. The summed E-state index contributed by atoms with van der Waals surface area (Å²) in [6, 6.07) is 0.989. The quantitative estimate of drug-likeness (QED) is 0.741. The summed E-state index contributed by atoms with van der Waals surface area (Å²) < 4.78 is 0. The number of rotatable bonds is 3. The van der Waals surface area contributed by atoms with Gasteiger partial charge in [0.1, 0.15) is 17.4 Å². The van der Waals surface area contributed by atoms with Crippen molar-refractivity contribution in [1.82, 2.24) is 10.3 Å². The molecule has 4 N–H and O–H groups in total. The largest absolute Gasteiger partial charge is 0.478 e. The van der Waals surface area contributed by atoms with E-state index in [-0.39, 0.29) is 17.5 Å². The summed E-state index contributed by atoms with van der Waals surface area (Å²) in [5, 5.41) is 11.9. The van der Waals surface area contributed by atoms with Crippen LogP contribution in [0.1, 0.15) is 29.6 Å². The number of carbonyl (C=O) groups excluding carboxylic acids is 1. The van der Waals surface area contributed by atoms with E-state index in [1.165, 1.54) is 12.3 Å². The van der Waals surface area contributed by atoms with Gasteiger partial charge >= 0.3 is 5.97 Å². The fourth-order valence-electron chi connectivity index (χ4n) is 2.48. The zero-order valence-corrected chi connectivity index (χ0v) is 11.3. The van der Waals surface area contributed by atoms with Crippen LogP contribution < -0.4 is 16.0 Å². The third-order valence-electron chi connectivity index (χ3n) is 3.44. The maximum atomic E-state index is 11.9. The Morgan fingerprint density at radius 3 is 2.90 bits per heavy atom. The standard InChI is InChI=1S/C13H18N4O3/c1-15-12(18)10-4-2-3-5-17(10)11-9(13(19)20)6-8(14)7-16-11/h6-7,10H,2-5,14H2,1H3,(H,15,18)(H,19,20). The number of nitrogens with one attached hydrogen (secondary N) is 1. The van der Waals surface area contributed by atoms with E-state index < -0.39 is 5.97 Å². The molecule has 0 radical (unpaired) electrons. The Hall–Kier alpha value is -2.31. The number of aromatic nitrogens is 1. The van der Waals surface area contributed by atoms with E-state index >= 15 is 0 Å². The molecule has 1 amide bonds. The normalized spacial score (nSPS) is 18.6. The van der Waals surface area contributed by atoms with Crippen LogP contribution in [0.15, 0.2) is 12.3 Å². The molecular formula is C13H18N4O3. The number of carboxylic acid groups (broad SMARTS) is 1. The predicted molar refractivity (Wildman–Crippen MR) is 74.7 cm³/mol. The first kappa shape index (κ1) is 14.1. The Bertz CT molecular complexity index is 532. The van der Waals surface area contributed by atoms with Crippen LogP contribution in [0.25, 0.3) is 0 Å². The summed E-state index contributed by atoms with van der Waals surface area (Å²) in [6.07, 6.45) is 3.94. The van der Waals surface area contributed by atoms with E-state index in [0.29, 0.717) is 24.5 Å². The maximum Gasteiger partial charge on any atom is 0.339 e. The van der Waals surface area contributed by atoms with Gasteiger partial charge in [0.25, 0.3) is 0 Å². The van der Waals surface area contributed by atoms with Crippen molar-refractivity contribution in [2.75, 3.05) is 24.2 Å². The molecule has 2 rings (SSSR count). The summed E-state index contributed by atoms with van der Waals surface area (Å²) in [5.41, 5.74) is 5.91. The number of carboxylic acids is 1. The van der Waals surface area contributed by atoms with Crippen molar-refractivity contribution >= 4 is 23.4 Å². The molecule has 0 bridgehead atoms. The molecule has 1 aromatic heterocycles. The molecule has 0 saturated carbocycles. The first-order chi connectivity index (χ1) is 9.54. The van der Waals surface area contributed by atoms with Crippen LogP contribution in [0, 0.1) is 0 Å². The summed E-state index contributed by atoms with van der Waals surface area (Å²) >= 11 is 0. The molecule has 108 valence electrons. The van der Waals surface area contributed by atoms with Gasteiger partial charge in [-0.05, 0) is 25.3 Å². The van der Waals surface area contributed by atoms with Crippen molar-refractivity contribution in [2.24, 2.45) is 0 Å². The maximum absolute atomic E-state index is 11.9. The number of likely N-dealkylation sites (N-methyl/N-ethyl adjacent to an activating group) is 1. The third-order valence-corrected chi connectivity index (χ3v) is 3.44. The van der Waals surface area contributed by atoms with Gasteiger partial charge in [-0.3, -0.25) is 4.79 Å². The minimum Gasteiger partial charge on any atom is -0.478 e. The lowest BCUT2D eigenvalue weighted by Crippen LogP contribution is -2.49. The molecule has 1 saturated heterocycles. The van der Waals surface area contributed by atoms with E-state index in [1.54, 1.807) is 11.9 Å². The average Bonchev–Trinajstić information content (AvgIpc) is 2.46. The van der Waals surface area contributed by atoms with Crippen molar-refractivity contribution in [3.05, 3.63) is 17.8 Å². The van der Waals surface area contributed by atoms with Crippen molar-refractivity contribution in [2.45, 2.75) is 25.3 Å². The average molecular weight is 278 g/mol. The lowest BCUT2D eigenvalue weighted by atomic mass is 10.0. The lowest BCUT2D eigenvalue weighted by molar-refractivity contribution is -0.122. The number of piperidine rings is 1. The molecule has 20 heavy (non-hydrogen) atoms. The Morgan fingerprint density at radius 1 is 1.50 bits per heavy atom. The molecule has 1 aromatic rings. The molecule has 1 atom stereocenters. The highest BCUT2D eigenvalue weighted by Crippen LogP contribution is 2.27. The molecule has 0 aromatic carbocycles. The van der Waals surface area contributed by atoms with Crippen LogP contribution in [0.5, 0.6) is 0 Å². The van der Waals surface area contributed by atoms with Crippen molar-refractivity contribution < 1.29 is 14.7 Å². The van der Waals surface area contributed by atoms with Gasteiger partial charge in [0.15, 0.2) is 0 Å². The van der Waals surface area contributed by atoms with E-state index in [1.807, 2.05) is 0 Å². The van der Waals surface area contributed by atoms with Crippen molar-refractivity contribution in [1.29, 1.82) is 0 Å². The zero-order chi connectivity index (χ0) is 14.7. The highest BCUT2D eigenvalue weighted by Gasteiger charge is 2.31. The van der Waals surface area contributed by atoms with Gasteiger partial charge in [0.05, 0.1) is 11.9 Å². The second-order valence-corrected chi connectivity index (χ2v) is 4.76. The van der Waals surface area contributed by atoms with Gasteiger partial charge < -0.3 is 21.1 Å². The Morgan fingerprint density at radius 2 is 2.25 bits per heavy atom. The monoisotopic (exact) mass is 278 g/mol. The molecule has 1 aliphatic rings. The molecule has 7 heteroatoms. The second kappa shape index (κ2) is 5.77. The first-order valence-electron chi connectivity index (χ1n) is 6.51. The second-order valence-electron chi connectivity index (χ2n) is 4.76. The van der Waals surface area contributed by atoms with E-state index in [4.69, 9.17) is 5.73 Å². The fourth-order valence-corrected chi connectivity index (χ4v) is 2.48. The summed E-state index contributed by atoms with van der Waals surface area (Å²) in [6.45, 7) is 0.606. The van der Waals surface area contributed by atoms with Crippen LogP contribution in [-0.2, 0) is 4.79 Å². The molecule has 1 fully saturated rings. The number of anilines is 2. The Balaban J connectivity index is 2.42. The number of carbonyl (C=O) groups is 2. The van der Waals surface area contributed by atoms with E-state index in [9.17, 15) is 14.7 Å². The zero-order valence-electron chi connectivity index (χ0n) is 11.3. The molecule has 0 spiro atoms. The van der Waals surface area contributed by atoms with Crippen molar-refractivity contribution in [3.8, 4) is 0 Å². The first-order valence-corrected chi connectivity index (χ1v) is 6.51.